The first-order chi connectivity index (χ1) is 26.5. The van der Waals surface area contributed by atoms with Gasteiger partial charge in [-0.25, -0.2) is 23.9 Å². The molecular weight excluding hydrogens is 746 g/mol. The first kappa shape index (κ1) is 37.7. The molecule has 1 aliphatic carbocycles. The van der Waals surface area contributed by atoms with Gasteiger partial charge in [0.2, 0.25) is 5.91 Å². The molecule has 2 aromatic carbocycles. The Kier molecular flexibility index (Phi) is 11.0. The number of hydrogen-bond acceptors (Lipinski definition) is 7. The van der Waals surface area contributed by atoms with E-state index in [2.05, 4.69) is 36.2 Å². The minimum Gasteiger partial charge on any atom is -0.383 e. The minimum atomic E-state index is -1.60. The zero-order chi connectivity index (χ0) is 38.6. The third-order valence-electron chi connectivity index (χ3n) is 9.92. The van der Waals surface area contributed by atoms with Crippen LogP contribution in [0.1, 0.15) is 48.9 Å². The fraction of sp³-hybridized carbons (Fsp3) is 0.250. The Balaban J connectivity index is 1.21. The number of likely N-dealkylation sites (tertiary alicyclic amines) is 1. The van der Waals surface area contributed by atoms with Crippen LogP contribution in [0.4, 0.5) is 31.3 Å². The smallest absolute Gasteiger partial charge is 0.323 e. The Morgan fingerprint density at radius 3 is 2.18 bits per heavy atom. The number of carbonyl (C=O) groups is 3. The number of benzene rings is 2. The van der Waals surface area contributed by atoms with Crippen LogP contribution in [0.2, 0.25) is 10.0 Å². The number of anilines is 3. The summed E-state index contributed by atoms with van der Waals surface area (Å²) in [5, 5.41) is 23.8. The standard InChI is InChI=1S/C40H37Cl2FN8O4/c41-28-12-15-34(45-22-28)48-37(53)50-40(18-17-25-9-10-25,33-8-4-5-19-44-33)27-11-14-30(43)31(20-27)47-36(52)32-21-39(55,26-6-2-1-3-7-26)24-51(32)38(54)49-35-16-13-29(42)23-46-35/h1-8,11-16,19-20,22-23,25,32,55H,9-10,17-18,21,24H2,(H,47,52)(H,46,49,54)(H2,45,48,50,53). The summed E-state index contributed by atoms with van der Waals surface area (Å²) in [5.74, 6) is -0.581. The van der Waals surface area contributed by atoms with E-state index >= 15 is 4.39 Å². The molecule has 3 aromatic heterocycles. The third kappa shape index (κ3) is 8.69. The number of aliphatic hydroxyl groups is 1. The van der Waals surface area contributed by atoms with Crippen molar-refractivity contribution in [1.82, 2.24) is 25.2 Å². The van der Waals surface area contributed by atoms with E-state index < -0.39 is 41.0 Å². The van der Waals surface area contributed by atoms with E-state index in [9.17, 15) is 19.5 Å². The third-order valence-corrected chi connectivity index (χ3v) is 10.4. The molecule has 0 radical (unpaired) electrons. The molecule has 3 atom stereocenters. The summed E-state index contributed by atoms with van der Waals surface area (Å²) in [6.45, 7) is -0.234. The summed E-state index contributed by atoms with van der Waals surface area (Å²) in [7, 11) is 0. The van der Waals surface area contributed by atoms with Crippen LogP contribution in [-0.4, -0.2) is 55.5 Å². The molecule has 5 aromatic rings. The van der Waals surface area contributed by atoms with Crippen LogP contribution in [0.5, 0.6) is 0 Å². The molecule has 3 unspecified atom stereocenters. The number of nitrogens with zero attached hydrogens (tertiary/aromatic N) is 4. The van der Waals surface area contributed by atoms with E-state index in [-0.39, 0.29) is 30.3 Å². The van der Waals surface area contributed by atoms with E-state index in [4.69, 9.17) is 23.2 Å². The van der Waals surface area contributed by atoms with Crippen molar-refractivity contribution in [3.8, 4) is 0 Å². The SMILES string of the molecule is O=C(Nc1ccc(Cl)cn1)NC(CCC1CC1)(c1ccc(F)c(NC(=O)C2CC(O)(c3ccccc3)CN2C(=O)Nc2ccc(Cl)cn2)c1)c1ccccn1. The molecule has 1 saturated heterocycles. The second kappa shape index (κ2) is 16.0. The Morgan fingerprint density at radius 1 is 0.855 bits per heavy atom. The van der Waals surface area contributed by atoms with Crippen molar-refractivity contribution < 1.29 is 23.9 Å². The summed E-state index contributed by atoms with van der Waals surface area (Å²) in [4.78, 5) is 55.7. The quantitative estimate of drug-likeness (QED) is 0.0917. The molecule has 55 heavy (non-hydrogen) atoms. The molecule has 15 heteroatoms. The van der Waals surface area contributed by atoms with Crippen molar-refractivity contribution in [2.75, 3.05) is 22.5 Å². The Bertz CT molecular complexity index is 2160. The molecule has 4 heterocycles. The van der Waals surface area contributed by atoms with Crippen molar-refractivity contribution in [2.24, 2.45) is 5.92 Å². The van der Waals surface area contributed by atoms with Gasteiger partial charge in [0.05, 0.1) is 28.0 Å². The number of hydrogen-bond donors (Lipinski definition) is 5. The fourth-order valence-electron chi connectivity index (χ4n) is 6.88. The van der Waals surface area contributed by atoms with Gasteiger partial charge in [0.15, 0.2) is 0 Å². The monoisotopic (exact) mass is 782 g/mol. The highest BCUT2D eigenvalue weighted by molar-refractivity contribution is 6.30. The van der Waals surface area contributed by atoms with Crippen molar-refractivity contribution >= 4 is 58.5 Å². The van der Waals surface area contributed by atoms with Crippen LogP contribution < -0.4 is 21.3 Å². The van der Waals surface area contributed by atoms with Gasteiger partial charge in [0.1, 0.15) is 34.6 Å². The van der Waals surface area contributed by atoms with Crippen LogP contribution in [0, 0.1) is 11.7 Å². The molecule has 1 saturated carbocycles. The number of β-amino-alcohol motifs (C(OH)–C–C–N with tert-alkyl or cyclic N) is 1. The molecule has 7 rings (SSSR count). The first-order valence-corrected chi connectivity index (χ1v) is 18.5. The average Bonchev–Trinajstić information content (AvgIpc) is 3.95. The summed E-state index contributed by atoms with van der Waals surface area (Å²) in [5.41, 5.74) is -1.59. The maximum absolute atomic E-state index is 15.8. The largest absolute Gasteiger partial charge is 0.383 e. The Morgan fingerprint density at radius 2 is 1.55 bits per heavy atom. The fourth-order valence-corrected chi connectivity index (χ4v) is 7.10. The second-order valence-electron chi connectivity index (χ2n) is 13.8. The maximum Gasteiger partial charge on any atom is 0.323 e. The molecule has 0 bridgehead atoms. The van der Waals surface area contributed by atoms with Gasteiger partial charge in [-0.2, -0.15) is 0 Å². The molecule has 2 aliphatic rings. The summed E-state index contributed by atoms with van der Waals surface area (Å²) in [6.07, 6.45) is 7.47. The van der Waals surface area contributed by atoms with Gasteiger partial charge in [0.25, 0.3) is 0 Å². The number of nitrogens with one attached hydrogen (secondary N) is 4. The predicted molar refractivity (Wildman–Crippen MR) is 207 cm³/mol. The van der Waals surface area contributed by atoms with E-state index in [0.29, 0.717) is 39.2 Å². The first-order valence-electron chi connectivity index (χ1n) is 17.7. The van der Waals surface area contributed by atoms with E-state index in [1.807, 2.05) is 0 Å². The van der Waals surface area contributed by atoms with Crippen molar-refractivity contribution in [1.29, 1.82) is 0 Å². The molecule has 5 amide bonds. The number of urea groups is 2. The lowest BCUT2D eigenvalue weighted by Crippen LogP contribution is -2.49. The van der Waals surface area contributed by atoms with Gasteiger partial charge in [-0.05, 0) is 78.4 Å². The molecule has 12 nitrogen and oxygen atoms in total. The highest BCUT2D eigenvalue weighted by Gasteiger charge is 2.49. The average molecular weight is 784 g/mol. The van der Waals surface area contributed by atoms with Crippen LogP contribution in [0.25, 0.3) is 0 Å². The molecule has 5 N–H and O–H groups in total. The van der Waals surface area contributed by atoms with Crippen LogP contribution in [-0.2, 0) is 15.9 Å². The number of rotatable bonds is 11. The van der Waals surface area contributed by atoms with Gasteiger partial charge in [-0.3, -0.25) is 20.4 Å². The summed E-state index contributed by atoms with van der Waals surface area (Å²) >= 11 is 12.0. The van der Waals surface area contributed by atoms with Gasteiger partial charge in [-0.15, -0.1) is 0 Å². The second-order valence-corrected chi connectivity index (χ2v) is 14.6. The minimum absolute atomic E-state index is 0.175. The number of halogens is 3. The molecule has 2 fully saturated rings. The van der Waals surface area contributed by atoms with E-state index in [1.165, 1.54) is 35.5 Å². The predicted octanol–water partition coefficient (Wildman–Crippen LogP) is 7.71. The summed E-state index contributed by atoms with van der Waals surface area (Å²) in [6, 6.07) is 22.0. The maximum atomic E-state index is 15.8. The number of aromatic nitrogens is 3. The van der Waals surface area contributed by atoms with Crippen molar-refractivity contribution in [3.05, 3.63) is 142 Å². The highest BCUT2D eigenvalue weighted by atomic mass is 35.5. The molecular formula is C40H37Cl2FN8O4. The van der Waals surface area contributed by atoms with E-state index in [0.717, 1.165) is 19.3 Å². The van der Waals surface area contributed by atoms with Crippen molar-refractivity contribution in [2.45, 2.75) is 49.3 Å². The van der Waals surface area contributed by atoms with Crippen LogP contribution in [0.15, 0.2) is 110 Å². The Hall–Kier alpha value is -5.63. The topological polar surface area (TPSA) is 161 Å². The molecule has 0 spiro atoms. The van der Waals surface area contributed by atoms with Gasteiger partial charge < -0.3 is 20.6 Å². The van der Waals surface area contributed by atoms with Gasteiger partial charge >= 0.3 is 12.1 Å². The summed E-state index contributed by atoms with van der Waals surface area (Å²) < 4.78 is 15.8. The Labute approximate surface area is 326 Å². The van der Waals surface area contributed by atoms with Crippen LogP contribution >= 0.6 is 23.2 Å². The normalized spacial score (nSPS) is 18.9. The zero-order valence-corrected chi connectivity index (χ0v) is 30.9. The van der Waals surface area contributed by atoms with Gasteiger partial charge in [-0.1, -0.05) is 78.5 Å². The molecule has 1 aliphatic heterocycles. The molecule has 282 valence electrons. The lowest BCUT2D eigenvalue weighted by Gasteiger charge is -2.35. The van der Waals surface area contributed by atoms with E-state index in [1.54, 1.807) is 79.0 Å². The van der Waals surface area contributed by atoms with Crippen LogP contribution in [0.3, 0.4) is 0 Å². The lowest BCUT2D eigenvalue weighted by molar-refractivity contribution is -0.119. The van der Waals surface area contributed by atoms with Crippen molar-refractivity contribution in [3.63, 3.8) is 0 Å². The van der Waals surface area contributed by atoms with Gasteiger partial charge in [0, 0.05) is 25.0 Å². The number of amides is 5. The zero-order valence-electron chi connectivity index (χ0n) is 29.4. The number of pyridine rings is 3. The lowest BCUT2D eigenvalue weighted by atomic mass is 9.81. The number of carbonyl (C=O) groups excluding carboxylic acids is 3. The highest BCUT2D eigenvalue weighted by Crippen LogP contribution is 2.42.